The van der Waals surface area contributed by atoms with Crippen molar-refractivity contribution in [3.63, 3.8) is 0 Å². The molecular formula is C18H34O5. The van der Waals surface area contributed by atoms with Crippen LogP contribution in [0.25, 0.3) is 0 Å². The minimum Gasteiger partial charge on any atom is -0.481 e. The van der Waals surface area contributed by atoms with Crippen LogP contribution in [0.15, 0.2) is 12.2 Å². The van der Waals surface area contributed by atoms with E-state index in [1.54, 1.807) is 6.08 Å². The molecule has 0 rings (SSSR count). The number of hydrogen-bond donors (Lipinski definition) is 4. The standard InChI is InChI=1S/C18H34O5/c1-2-3-4-6-9-12-15(19)18(23)16(20)13-10-7-5-8-11-14-17(21)22/h9,12,15-16,18-20,23H,2-8,10-11,13-14H2,1H3,(H,21,22)/t15-,16+,18-/m1/s1. The van der Waals surface area contributed by atoms with Crippen LogP contribution in [0.4, 0.5) is 0 Å². The van der Waals surface area contributed by atoms with Crippen LogP contribution in [0.1, 0.15) is 77.6 Å². The predicted molar refractivity (Wildman–Crippen MR) is 91.3 cm³/mol. The zero-order valence-corrected chi connectivity index (χ0v) is 14.4. The zero-order valence-electron chi connectivity index (χ0n) is 14.4. The summed E-state index contributed by atoms with van der Waals surface area (Å²) in [7, 11) is 0. The molecule has 0 bridgehead atoms. The van der Waals surface area contributed by atoms with Crippen LogP contribution in [-0.4, -0.2) is 44.7 Å². The Morgan fingerprint density at radius 3 is 2.26 bits per heavy atom. The summed E-state index contributed by atoms with van der Waals surface area (Å²) in [5.41, 5.74) is 0. The summed E-state index contributed by atoms with van der Waals surface area (Å²) < 4.78 is 0. The topological polar surface area (TPSA) is 98.0 Å². The first kappa shape index (κ1) is 22.1. The van der Waals surface area contributed by atoms with E-state index in [0.29, 0.717) is 12.8 Å². The molecule has 0 radical (unpaired) electrons. The van der Waals surface area contributed by atoms with Gasteiger partial charge in [-0.25, -0.2) is 0 Å². The molecule has 23 heavy (non-hydrogen) atoms. The summed E-state index contributed by atoms with van der Waals surface area (Å²) in [6.07, 6.45) is 9.36. The molecule has 5 heteroatoms. The smallest absolute Gasteiger partial charge is 0.303 e. The molecule has 0 aliphatic heterocycles. The molecule has 0 aromatic carbocycles. The number of carboxylic acids is 1. The lowest BCUT2D eigenvalue weighted by molar-refractivity contribution is -0.137. The number of carbonyl (C=O) groups is 1. The van der Waals surface area contributed by atoms with Gasteiger partial charge in [0.15, 0.2) is 0 Å². The van der Waals surface area contributed by atoms with Crippen molar-refractivity contribution in [3.05, 3.63) is 12.2 Å². The Kier molecular flexibility index (Phi) is 14.1. The minimum absolute atomic E-state index is 0.206. The fraction of sp³-hybridized carbons (Fsp3) is 0.833. The maximum absolute atomic E-state index is 10.4. The van der Waals surface area contributed by atoms with Gasteiger partial charge in [0.25, 0.3) is 0 Å². The highest BCUT2D eigenvalue weighted by Crippen LogP contribution is 2.13. The van der Waals surface area contributed by atoms with Gasteiger partial charge in [-0.2, -0.15) is 0 Å². The highest BCUT2D eigenvalue weighted by molar-refractivity contribution is 5.66. The van der Waals surface area contributed by atoms with Crippen molar-refractivity contribution in [1.29, 1.82) is 0 Å². The molecule has 0 saturated carbocycles. The maximum Gasteiger partial charge on any atom is 0.303 e. The summed E-state index contributed by atoms with van der Waals surface area (Å²) in [5, 5.41) is 38.1. The van der Waals surface area contributed by atoms with Gasteiger partial charge in [0, 0.05) is 6.42 Å². The predicted octanol–water partition coefficient (Wildman–Crippen LogP) is 3.02. The Balaban J connectivity index is 3.71. The highest BCUT2D eigenvalue weighted by Gasteiger charge is 2.21. The van der Waals surface area contributed by atoms with Crippen molar-refractivity contribution in [2.45, 2.75) is 95.9 Å². The van der Waals surface area contributed by atoms with Gasteiger partial charge in [-0.05, 0) is 25.7 Å². The van der Waals surface area contributed by atoms with E-state index in [2.05, 4.69) is 6.92 Å². The van der Waals surface area contributed by atoms with Crippen LogP contribution in [0.5, 0.6) is 0 Å². The number of hydrogen-bond acceptors (Lipinski definition) is 4. The van der Waals surface area contributed by atoms with Crippen molar-refractivity contribution in [1.82, 2.24) is 0 Å². The van der Waals surface area contributed by atoms with Gasteiger partial charge in [0.1, 0.15) is 12.2 Å². The fourth-order valence-corrected chi connectivity index (χ4v) is 2.42. The first-order valence-corrected chi connectivity index (χ1v) is 8.91. The first-order chi connectivity index (χ1) is 11.0. The van der Waals surface area contributed by atoms with Crippen molar-refractivity contribution in [2.75, 3.05) is 0 Å². The number of allylic oxidation sites excluding steroid dienone is 1. The number of carboxylic acid groups (broad SMARTS) is 1. The molecule has 0 heterocycles. The average Bonchev–Trinajstić information content (AvgIpc) is 2.52. The summed E-state index contributed by atoms with van der Waals surface area (Å²) in [6.45, 7) is 2.13. The monoisotopic (exact) mass is 330 g/mol. The Hall–Kier alpha value is -0.910. The van der Waals surface area contributed by atoms with Gasteiger partial charge in [0.05, 0.1) is 6.10 Å². The Labute approximate surface area is 140 Å². The zero-order chi connectivity index (χ0) is 17.5. The third-order valence-corrected chi connectivity index (χ3v) is 3.94. The quantitative estimate of drug-likeness (QED) is 0.273. The second-order valence-corrected chi connectivity index (χ2v) is 6.17. The van der Waals surface area contributed by atoms with E-state index in [1.165, 1.54) is 0 Å². The second-order valence-electron chi connectivity index (χ2n) is 6.17. The van der Waals surface area contributed by atoms with E-state index in [-0.39, 0.29) is 6.42 Å². The molecule has 0 fully saturated rings. The van der Waals surface area contributed by atoms with E-state index >= 15 is 0 Å². The molecule has 0 unspecified atom stereocenters. The molecule has 0 aliphatic rings. The lowest BCUT2D eigenvalue weighted by Gasteiger charge is -2.20. The molecule has 5 nitrogen and oxygen atoms in total. The number of aliphatic hydroxyl groups is 3. The van der Waals surface area contributed by atoms with Crippen molar-refractivity contribution in [3.8, 4) is 0 Å². The van der Waals surface area contributed by atoms with Crippen molar-refractivity contribution < 1.29 is 25.2 Å². The van der Waals surface area contributed by atoms with Gasteiger partial charge in [-0.3, -0.25) is 4.79 Å². The Bertz CT molecular complexity index is 317. The lowest BCUT2D eigenvalue weighted by atomic mass is 10.0. The molecule has 0 saturated heterocycles. The summed E-state index contributed by atoms with van der Waals surface area (Å²) in [4.78, 5) is 10.4. The number of unbranched alkanes of at least 4 members (excludes halogenated alkanes) is 7. The molecule has 0 aromatic rings. The molecule has 136 valence electrons. The van der Waals surface area contributed by atoms with Crippen LogP contribution in [0, 0.1) is 0 Å². The lowest BCUT2D eigenvalue weighted by Crippen LogP contribution is -2.36. The third kappa shape index (κ3) is 13.2. The van der Waals surface area contributed by atoms with Gasteiger partial charge in [-0.1, -0.05) is 57.6 Å². The van der Waals surface area contributed by atoms with Gasteiger partial charge in [-0.15, -0.1) is 0 Å². The van der Waals surface area contributed by atoms with Crippen LogP contribution < -0.4 is 0 Å². The second kappa shape index (κ2) is 14.7. The first-order valence-electron chi connectivity index (χ1n) is 8.91. The minimum atomic E-state index is -1.15. The van der Waals surface area contributed by atoms with Crippen LogP contribution in [-0.2, 0) is 4.79 Å². The SMILES string of the molecule is CCCCCC=C[C@@H](O)[C@@H](O)[C@@H](O)CCCCCCCC(=O)O. The van der Waals surface area contributed by atoms with E-state index in [9.17, 15) is 20.1 Å². The van der Waals surface area contributed by atoms with E-state index in [1.807, 2.05) is 6.08 Å². The fourth-order valence-electron chi connectivity index (χ4n) is 2.42. The molecule has 0 aromatic heterocycles. The van der Waals surface area contributed by atoms with Crippen LogP contribution in [0.3, 0.4) is 0 Å². The van der Waals surface area contributed by atoms with Gasteiger partial charge >= 0.3 is 5.97 Å². The molecule has 4 N–H and O–H groups in total. The largest absolute Gasteiger partial charge is 0.481 e. The molecular weight excluding hydrogens is 296 g/mol. The maximum atomic E-state index is 10.4. The average molecular weight is 330 g/mol. The summed E-state index contributed by atoms with van der Waals surface area (Å²) >= 11 is 0. The number of aliphatic carboxylic acids is 1. The molecule has 0 spiro atoms. The summed E-state index contributed by atoms with van der Waals surface area (Å²) in [6, 6.07) is 0. The summed E-state index contributed by atoms with van der Waals surface area (Å²) in [5.74, 6) is -0.764. The number of aliphatic hydroxyl groups excluding tert-OH is 3. The van der Waals surface area contributed by atoms with Crippen LogP contribution >= 0.6 is 0 Å². The molecule has 0 amide bonds. The highest BCUT2D eigenvalue weighted by atomic mass is 16.4. The molecule has 0 aliphatic carbocycles. The van der Waals surface area contributed by atoms with Gasteiger partial charge < -0.3 is 20.4 Å². The third-order valence-electron chi connectivity index (χ3n) is 3.94. The normalized spacial score (nSPS) is 15.7. The Morgan fingerprint density at radius 2 is 1.61 bits per heavy atom. The van der Waals surface area contributed by atoms with E-state index < -0.39 is 24.3 Å². The van der Waals surface area contributed by atoms with E-state index in [4.69, 9.17) is 5.11 Å². The van der Waals surface area contributed by atoms with E-state index in [0.717, 1.165) is 51.4 Å². The molecule has 3 atom stereocenters. The van der Waals surface area contributed by atoms with Gasteiger partial charge in [0.2, 0.25) is 0 Å². The van der Waals surface area contributed by atoms with Crippen molar-refractivity contribution >= 4 is 5.97 Å². The number of rotatable bonds is 15. The Morgan fingerprint density at radius 1 is 0.957 bits per heavy atom. The van der Waals surface area contributed by atoms with Crippen LogP contribution in [0.2, 0.25) is 0 Å². The van der Waals surface area contributed by atoms with Crippen molar-refractivity contribution in [2.24, 2.45) is 0 Å².